The fourth-order valence-corrected chi connectivity index (χ4v) is 7.70. The molecule has 218 valence electrons. The van der Waals surface area contributed by atoms with Gasteiger partial charge in [0.2, 0.25) is 11.8 Å². The number of hydrogen-bond donors (Lipinski definition) is 1. The molecule has 1 aliphatic heterocycles. The van der Waals surface area contributed by atoms with Gasteiger partial charge in [0.05, 0.1) is 27.9 Å². The lowest BCUT2D eigenvalue weighted by molar-refractivity contribution is -0.384. The van der Waals surface area contributed by atoms with E-state index in [1.165, 1.54) is 24.3 Å². The minimum atomic E-state index is -1.17. The molecule has 1 fully saturated rings. The van der Waals surface area contributed by atoms with E-state index in [0.29, 0.717) is 5.56 Å². The Labute approximate surface area is 256 Å². The molecule has 2 atom stereocenters. The number of hydrazone groups is 1. The molecule has 1 saturated heterocycles. The Morgan fingerprint density at radius 1 is 0.800 bits per heavy atom. The van der Waals surface area contributed by atoms with Crippen LogP contribution < -0.4 is 10.3 Å². The monoisotopic (exact) mass is 592 g/mol. The first-order valence-corrected chi connectivity index (χ1v) is 14.5. The number of carbonyl (C=O) groups is 3. The van der Waals surface area contributed by atoms with Crippen molar-refractivity contribution in [2.24, 2.45) is 16.9 Å². The maximum Gasteiger partial charge on any atom is 0.271 e. The fourth-order valence-electron chi connectivity index (χ4n) is 7.70. The van der Waals surface area contributed by atoms with Gasteiger partial charge >= 0.3 is 0 Å². The molecule has 0 unspecified atom stereocenters. The van der Waals surface area contributed by atoms with Gasteiger partial charge in [-0.05, 0) is 51.2 Å². The van der Waals surface area contributed by atoms with Crippen LogP contribution in [0.1, 0.15) is 38.5 Å². The summed E-state index contributed by atoms with van der Waals surface area (Å²) in [6.07, 6.45) is 1.62. The third-order valence-corrected chi connectivity index (χ3v) is 9.47. The zero-order valence-corrected chi connectivity index (χ0v) is 23.7. The molecule has 9 rings (SSSR count). The molecule has 3 aliphatic carbocycles. The number of anilines is 1. The first kappa shape index (κ1) is 26.7. The highest BCUT2D eigenvalue weighted by Crippen LogP contribution is 2.63. The second-order valence-corrected chi connectivity index (χ2v) is 11.5. The van der Waals surface area contributed by atoms with Crippen LogP contribution in [0.15, 0.2) is 120 Å². The zero-order chi connectivity index (χ0) is 30.9. The second-order valence-electron chi connectivity index (χ2n) is 11.5. The lowest BCUT2D eigenvalue weighted by atomic mass is 9.47. The van der Waals surface area contributed by atoms with Crippen molar-refractivity contribution in [3.05, 3.63) is 153 Å². The number of imide groups is 1. The van der Waals surface area contributed by atoms with Crippen molar-refractivity contribution in [1.29, 1.82) is 0 Å². The molecule has 4 aliphatic rings. The van der Waals surface area contributed by atoms with Crippen molar-refractivity contribution in [3.63, 3.8) is 0 Å². The van der Waals surface area contributed by atoms with E-state index >= 15 is 0 Å². The van der Waals surface area contributed by atoms with E-state index in [1.54, 1.807) is 12.3 Å². The van der Waals surface area contributed by atoms with Gasteiger partial charge in [0.15, 0.2) is 0 Å². The van der Waals surface area contributed by atoms with Crippen LogP contribution in [0.3, 0.4) is 0 Å². The number of benzene rings is 5. The van der Waals surface area contributed by atoms with Gasteiger partial charge in [0.1, 0.15) is 0 Å². The lowest BCUT2D eigenvalue weighted by Crippen LogP contribution is -2.54. The number of rotatable bonds is 5. The quantitative estimate of drug-likeness (QED) is 0.121. The number of hydrogen-bond acceptors (Lipinski definition) is 6. The van der Waals surface area contributed by atoms with Crippen molar-refractivity contribution >= 4 is 46.1 Å². The molecule has 1 heterocycles. The number of amides is 3. The smallest absolute Gasteiger partial charge is 0.271 e. The predicted octanol–water partition coefficient (Wildman–Crippen LogP) is 5.71. The van der Waals surface area contributed by atoms with E-state index < -0.39 is 34.0 Å². The third-order valence-electron chi connectivity index (χ3n) is 9.47. The van der Waals surface area contributed by atoms with Crippen molar-refractivity contribution in [3.8, 4) is 0 Å². The van der Waals surface area contributed by atoms with Crippen molar-refractivity contribution < 1.29 is 19.3 Å². The Hall–Kier alpha value is -5.96. The average molecular weight is 593 g/mol. The molecule has 45 heavy (non-hydrogen) atoms. The van der Waals surface area contributed by atoms with E-state index in [-0.39, 0.29) is 23.2 Å². The highest BCUT2D eigenvalue weighted by Gasteiger charge is 2.68. The summed E-state index contributed by atoms with van der Waals surface area (Å²) in [7, 11) is 0. The van der Waals surface area contributed by atoms with Crippen LogP contribution in [0.2, 0.25) is 0 Å². The van der Waals surface area contributed by atoms with Crippen molar-refractivity contribution in [2.75, 3.05) is 4.90 Å². The maximum atomic E-state index is 14.5. The molecular weight excluding hydrogens is 568 g/mol. The largest absolute Gasteiger partial charge is 0.274 e. The number of fused-ring (bicyclic) bond motifs is 1. The first-order chi connectivity index (χ1) is 21.9. The van der Waals surface area contributed by atoms with Crippen LogP contribution in [0.5, 0.6) is 0 Å². The Morgan fingerprint density at radius 3 is 2.11 bits per heavy atom. The molecule has 5 aromatic carbocycles. The van der Waals surface area contributed by atoms with Gasteiger partial charge in [0.25, 0.3) is 11.6 Å². The summed E-state index contributed by atoms with van der Waals surface area (Å²) in [6, 6.07) is 34.0. The van der Waals surface area contributed by atoms with Gasteiger partial charge in [0, 0.05) is 29.8 Å². The summed E-state index contributed by atoms with van der Waals surface area (Å²) in [5.41, 5.74) is 5.69. The average Bonchev–Trinajstić information content (AvgIpc) is 3.34. The van der Waals surface area contributed by atoms with Crippen LogP contribution in [0.4, 0.5) is 11.4 Å². The highest BCUT2D eigenvalue weighted by atomic mass is 16.6. The van der Waals surface area contributed by atoms with Gasteiger partial charge < -0.3 is 0 Å². The highest BCUT2D eigenvalue weighted by molar-refractivity contribution is 6.25. The SMILES string of the molecule is O=C(N/N=C\C12c3ccccc3C(c3ccccc31)[C@H]1C(=O)N(c3ccc([N+](=O)[O-])cc3)C(=O)[C@@H]12)c1cccc2ccccc12. The van der Waals surface area contributed by atoms with Crippen LogP contribution in [-0.4, -0.2) is 28.9 Å². The van der Waals surface area contributed by atoms with Gasteiger partial charge in [-0.2, -0.15) is 5.10 Å². The number of nitro benzene ring substituents is 1. The van der Waals surface area contributed by atoms with Crippen molar-refractivity contribution in [1.82, 2.24) is 5.43 Å². The number of nitro groups is 1. The number of nitrogens with zero attached hydrogens (tertiary/aromatic N) is 3. The van der Waals surface area contributed by atoms with E-state index in [0.717, 1.165) is 37.9 Å². The van der Waals surface area contributed by atoms with E-state index in [2.05, 4.69) is 10.5 Å². The van der Waals surface area contributed by atoms with Crippen LogP contribution in [-0.2, 0) is 15.0 Å². The maximum absolute atomic E-state index is 14.5. The van der Waals surface area contributed by atoms with Gasteiger partial charge in [-0.1, -0.05) is 84.9 Å². The zero-order valence-electron chi connectivity index (χ0n) is 23.7. The molecule has 0 aromatic heterocycles. The van der Waals surface area contributed by atoms with E-state index in [4.69, 9.17) is 0 Å². The van der Waals surface area contributed by atoms with E-state index in [1.807, 2.05) is 84.9 Å². The van der Waals surface area contributed by atoms with E-state index in [9.17, 15) is 24.5 Å². The molecule has 9 heteroatoms. The molecule has 1 N–H and O–H groups in total. The molecule has 0 radical (unpaired) electrons. The predicted molar refractivity (Wildman–Crippen MR) is 168 cm³/mol. The minimum absolute atomic E-state index is 0.138. The normalized spacial score (nSPS) is 22.8. The third kappa shape index (κ3) is 3.67. The first-order valence-electron chi connectivity index (χ1n) is 14.5. The summed E-state index contributed by atoms with van der Waals surface area (Å²) in [5.74, 6) is -3.15. The minimum Gasteiger partial charge on any atom is -0.274 e. The molecule has 0 spiro atoms. The van der Waals surface area contributed by atoms with Gasteiger partial charge in [-0.3, -0.25) is 24.5 Å². The fraction of sp³-hybridized carbons (Fsp3) is 0.111. The van der Waals surface area contributed by atoms with Crippen molar-refractivity contribution in [2.45, 2.75) is 11.3 Å². The van der Waals surface area contributed by atoms with Crippen LogP contribution in [0, 0.1) is 22.0 Å². The second kappa shape index (κ2) is 9.78. The summed E-state index contributed by atoms with van der Waals surface area (Å²) in [6.45, 7) is 0. The number of nitrogens with one attached hydrogen (secondary N) is 1. The Balaban J connectivity index is 1.27. The number of non-ortho nitro benzene ring substituents is 1. The summed E-state index contributed by atoms with van der Waals surface area (Å²) in [4.78, 5) is 54.1. The Morgan fingerprint density at radius 2 is 1.42 bits per heavy atom. The number of carbonyl (C=O) groups excluding carboxylic acids is 3. The topological polar surface area (TPSA) is 122 Å². The molecular formula is C36H24N4O5. The van der Waals surface area contributed by atoms with Gasteiger partial charge in [-0.25, -0.2) is 10.3 Å². The summed E-state index contributed by atoms with van der Waals surface area (Å²) < 4.78 is 0. The molecule has 3 amide bonds. The summed E-state index contributed by atoms with van der Waals surface area (Å²) >= 11 is 0. The van der Waals surface area contributed by atoms with Crippen LogP contribution in [0.25, 0.3) is 10.8 Å². The molecule has 2 bridgehead atoms. The standard InChI is InChI=1S/C36H24N4O5/c41-33(25-13-7-9-21-8-1-2-10-24(21)25)38-37-20-36-28-14-5-3-11-26(28)30(27-12-4-6-15-29(27)36)31-32(36)35(43)39(34(31)42)22-16-18-23(19-17-22)40(44)45/h1-20,30-32H,(H,38,41)/b37-20-/t30?,31-,32-,36?/m1/s1. The molecule has 9 nitrogen and oxygen atoms in total. The molecule has 0 saturated carbocycles. The summed E-state index contributed by atoms with van der Waals surface area (Å²) in [5, 5.41) is 17.5. The van der Waals surface area contributed by atoms with Crippen LogP contribution >= 0.6 is 0 Å². The Bertz CT molecular complexity index is 2070. The van der Waals surface area contributed by atoms with Gasteiger partial charge in [-0.15, -0.1) is 0 Å². The lowest BCUT2D eigenvalue weighted by Gasteiger charge is -2.52. The Kier molecular flexibility index (Phi) is 5.79. The molecule has 5 aromatic rings.